The maximum Gasteiger partial charge on any atom is 0.256 e. The van der Waals surface area contributed by atoms with Gasteiger partial charge in [-0.2, -0.15) is 8.78 Å². The van der Waals surface area contributed by atoms with Crippen molar-refractivity contribution in [1.29, 1.82) is 0 Å². The van der Waals surface area contributed by atoms with Gasteiger partial charge in [-0.3, -0.25) is 4.98 Å². The molecule has 6 heterocycles. The molecule has 3 aliphatic rings. The summed E-state index contributed by atoms with van der Waals surface area (Å²) in [5, 5.41) is 0. The third kappa shape index (κ3) is 3.14. The molecule has 1 atom stereocenters. The second kappa shape index (κ2) is 8.01. The quantitative estimate of drug-likeness (QED) is 0.404. The Kier molecular flexibility index (Phi) is 4.71. The van der Waals surface area contributed by atoms with E-state index in [1.807, 2.05) is 6.08 Å². The molecule has 0 saturated heterocycles. The van der Waals surface area contributed by atoms with Gasteiger partial charge in [0.1, 0.15) is 17.1 Å². The van der Waals surface area contributed by atoms with Crippen molar-refractivity contribution in [2.45, 2.75) is 12.0 Å². The molecule has 182 valence electrons. The Morgan fingerprint density at radius 3 is 2.70 bits per heavy atom. The highest BCUT2D eigenvalue weighted by atomic mass is 19.1. The summed E-state index contributed by atoms with van der Waals surface area (Å²) in [5.41, 5.74) is 9.63. The molecule has 7 rings (SSSR count). The smallest absolute Gasteiger partial charge is 0.256 e. The van der Waals surface area contributed by atoms with Crippen molar-refractivity contribution in [1.82, 2.24) is 15.0 Å². The third-order valence-electron chi connectivity index (χ3n) is 6.99. The third-order valence-corrected chi connectivity index (χ3v) is 6.99. The average molecular weight is 495 g/mol. The lowest BCUT2D eigenvalue weighted by Gasteiger charge is -2.36. The zero-order chi connectivity index (χ0) is 25.1. The number of halogens is 2. The fourth-order valence-electron chi connectivity index (χ4n) is 5.31. The lowest BCUT2D eigenvalue weighted by atomic mass is 9.75. The van der Waals surface area contributed by atoms with Gasteiger partial charge in [0, 0.05) is 46.4 Å². The van der Waals surface area contributed by atoms with Crippen molar-refractivity contribution in [3.8, 4) is 22.6 Å². The van der Waals surface area contributed by atoms with Crippen LogP contribution in [0, 0.1) is 11.9 Å². The monoisotopic (exact) mass is 495 g/mol. The molecule has 1 unspecified atom stereocenters. The van der Waals surface area contributed by atoms with E-state index in [4.69, 9.17) is 20.2 Å². The number of nitrogens with two attached hydrogens (primary N) is 1. The van der Waals surface area contributed by atoms with Gasteiger partial charge in [0.05, 0.1) is 18.9 Å². The first kappa shape index (κ1) is 21.8. The maximum absolute atomic E-state index is 15.6. The van der Waals surface area contributed by atoms with E-state index in [1.54, 1.807) is 54.9 Å². The number of aromatic nitrogens is 3. The van der Waals surface area contributed by atoms with Crippen LogP contribution in [0.2, 0.25) is 0 Å². The minimum atomic E-state index is -1.28. The molecule has 0 saturated carbocycles. The zero-order valence-corrected chi connectivity index (χ0v) is 19.4. The van der Waals surface area contributed by atoms with E-state index in [9.17, 15) is 4.39 Å². The van der Waals surface area contributed by atoms with Crippen molar-refractivity contribution in [2.24, 2.45) is 10.7 Å². The van der Waals surface area contributed by atoms with Crippen molar-refractivity contribution in [3.05, 3.63) is 107 Å². The van der Waals surface area contributed by atoms with Crippen LogP contribution in [-0.4, -0.2) is 34.0 Å². The second-order valence-corrected chi connectivity index (χ2v) is 9.03. The van der Waals surface area contributed by atoms with Crippen LogP contribution in [0.5, 0.6) is 11.5 Å². The molecule has 0 bridgehead atoms. The Morgan fingerprint density at radius 1 is 0.946 bits per heavy atom. The summed E-state index contributed by atoms with van der Waals surface area (Å²) in [6, 6.07) is 12.0. The summed E-state index contributed by atoms with van der Waals surface area (Å²) in [7, 11) is 0. The fraction of sp³-hybridized carbons (Fsp3) is 0.143. The lowest BCUT2D eigenvalue weighted by Crippen LogP contribution is -2.31. The van der Waals surface area contributed by atoms with E-state index in [-0.39, 0.29) is 11.6 Å². The molecule has 2 N–H and O–H groups in total. The molecule has 4 aromatic rings. The van der Waals surface area contributed by atoms with E-state index < -0.39 is 17.4 Å². The normalized spacial score (nSPS) is 19.4. The Hall–Kier alpha value is -4.50. The number of amidine groups is 1. The average Bonchev–Trinajstić information content (AvgIpc) is 3.23. The molecular weight excluding hydrogens is 476 g/mol. The van der Waals surface area contributed by atoms with Gasteiger partial charge >= 0.3 is 0 Å². The number of aliphatic imine (C=N–C) groups is 1. The predicted molar refractivity (Wildman–Crippen MR) is 132 cm³/mol. The van der Waals surface area contributed by atoms with E-state index in [1.165, 1.54) is 6.20 Å². The fourth-order valence-corrected chi connectivity index (χ4v) is 5.31. The van der Waals surface area contributed by atoms with Crippen LogP contribution in [-0.2, 0) is 10.3 Å². The Labute approximate surface area is 210 Å². The van der Waals surface area contributed by atoms with Crippen LogP contribution >= 0.6 is 0 Å². The number of hydrogen-bond acceptors (Lipinski definition) is 7. The number of nitrogens with zero attached hydrogens (tertiary/aromatic N) is 4. The van der Waals surface area contributed by atoms with Crippen molar-refractivity contribution in [3.63, 3.8) is 0 Å². The summed E-state index contributed by atoms with van der Waals surface area (Å²) in [6.45, 7) is 0.925. The lowest BCUT2D eigenvalue weighted by molar-refractivity contribution is 0.164. The Bertz CT molecular complexity index is 1670. The number of benzene rings is 1. The zero-order valence-electron chi connectivity index (χ0n) is 19.4. The number of fused-ring (bicyclic) bond motifs is 6. The van der Waals surface area contributed by atoms with Crippen LogP contribution in [0.1, 0.15) is 34.4 Å². The SMILES string of the molecule is NC1=NC2(c3cc(-c4cccnc4F)ccc3Oc3c2cc(C2=CCCOC2)nc3F)c2cnccc21. The van der Waals surface area contributed by atoms with Gasteiger partial charge in [-0.25, -0.2) is 15.0 Å². The van der Waals surface area contributed by atoms with Crippen LogP contribution in [0.3, 0.4) is 0 Å². The van der Waals surface area contributed by atoms with Crippen molar-refractivity contribution < 1.29 is 18.3 Å². The van der Waals surface area contributed by atoms with E-state index >= 15 is 4.39 Å². The second-order valence-electron chi connectivity index (χ2n) is 9.03. The standard InChI is InChI=1S/C28H19F2N5O2/c29-25-17(4-1-8-33-25)15-5-6-23-19(11-15)28(21-13-32-9-7-18(21)27(31)35-28)20-12-22(16-3-2-10-36-14-16)34-26(30)24(20)37-23/h1,3-9,11-13H,2,10,14H2,(H2,31,35). The van der Waals surface area contributed by atoms with E-state index in [2.05, 4.69) is 15.0 Å². The number of rotatable bonds is 2. The molecule has 7 nitrogen and oxygen atoms in total. The van der Waals surface area contributed by atoms with Crippen LogP contribution in [0.4, 0.5) is 8.78 Å². The minimum absolute atomic E-state index is 0.0397. The van der Waals surface area contributed by atoms with Crippen molar-refractivity contribution >= 4 is 11.4 Å². The summed E-state index contributed by atoms with van der Waals surface area (Å²) in [6.07, 6.45) is 7.40. The first-order valence-electron chi connectivity index (χ1n) is 11.8. The molecule has 0 amide bonds. The van der Waals surface area contributed by atoms with Crippen LogP contribution < -0.4 is 10.5 Å². The summed E-state index contributed by atoms with van der Waals surface area (Å²) in [5.74, 6) is -0.762. The summed E-state index contributed by atoms with van der Waals surface area (Å²) >= 11 is 0. The van der Waals surface area contributed by atoms with Crippen LogP contribution in [0.25, 0.3) is 16.7 Å². The number of ether oxygens (including phenoxy) is 2. The van der Waals surface area contributed by atoms with Gasteiger partial charge in [0.15, 0.2) is 5.75 Å². The molecule has 1 spiro atoms. The van der Waals surface area contributed by atoms with Gasteiger partial charge in [-0.15, -0.1) is 0 Å². The molecule has 0 radical (unpaired) electrons. The molecule has 3 aromatic heterocycles. The summed E-state index contributed by atoms with van der Waals surface area (Å²) in [4.78, 5) is 17.3. The Morgan fingerprint density at radius 2 is 1.86 bits per heavy atom. The van der Waals surface area contributed by atoms with Crippen LogP contribution in [0.15, 0.2) is 72.1 Å². The van der Waals surface area contributed by atoms with Gasteiger partial charge in [0.25, 0.3) is 5.95 Å². The highest BCUT2D eigenvalue weighted by Crippen LogP contribution is 2.56. The van der Waals surface area contributed by atoms with Gasteiger partial charge in [-0.1, -0.05) is 12.1 Å². The molecule has 1 aromatic carbocycles. The van der Waals surface area contributed by atoms with Gasteiger partial charge < -0.3 is 15.2 Å². The molecular formula is C28H19F2N5O2. The first-order valence-corrected chi connectivity index (χ1v) is 11.8. The highest BCUT2D eigenvalue weighted by molar-refractivity contribution is 6.03. The number of hydrogen-bond donors (Lipinski definition) is 1. The molecule has 37 heavy (non-hydrogen) atoms. The topological polar surface area (TPSA) is 95.5 Å². The van der Waals surface area contributed by atoms with Gasteiger partial charge in [-0.05, 0) is 54.0 Å². The molecule has 0 fully saturated rings. The largest absolute Gasteiger partial charge is 0.452 e. The predicted octanol–water partition coefficient (Wildman–Crippen LogP) is 4.74. The number of pyridine rings is 3. The molecule has 9 heteroatoms. The van der Waals surface area contributed by atoms with E-state index in [0.717, 1.165) is 5.57 Å². The van der Waals surface area contributed by atoms with Gasteiger partial charge in [0.2, 0.25) is 5.95 Å². The minimum Gasteiger partial charge on any atom is -0.452 e. The summed E-state index contributed by atoms with van der Waals surface area (Å²) < 4.78 is 41.9. The highest BCUT2D eigenvalue weighted by Gasteiger charge is 2.50. The Balaban J connectivity index is 1.54. The van der Waals surface area contributed by atoms with Crippen molar-refractivity contribution in [2.75, 3.05) is 13.2 Å². The van der Waals surface area contributed by atoms with E-state index in [0.29, 0.717) is 64.5 Å². The first-order chi connectivity index (χ1) is 18.1. The molecule has 3 aliphatic heterocycles. The molecule has 0 aliphatic carbocycles. The maximum atomic E-state index is 15.6.